The standard InChI is InChI=1S/C51H42N4O.Pt/c1-35(2)38-26-27-52-49(30-38)55-47-25-22-39(51(3,4)5)31-46(47)45-24-23-42(33-48(45)55)56-41-19-12-18-40(32-41)53-28-29-54(34-53)50-43(36-14-8-6-9-15-36)20-13-21-44(50)37-16-10-7-11-17-37;/h6-31,35H,1-5H3;/q-2;/i6D,7D,8D,9D,10D,11D,14D,15D,16D,17D,35D;. The third-order valence-electron chi connectivity index (χ3n) is 9.70. The summed E-state index contributed by atoms with van der Waals surface area (Å²) in [5, 5.41) is 1.97. The van der Waals surface area contributed by atoms with E-state index in [4.69, 9.17) is 24.8 Å². The van der Waals surface area contributed by atoms with Gasteiger partial charge in [-0.1, -0.05) is 131 Å². The molecule has 0 fully saturated rings. The molecule has 0 radical (unpaired) electrons. The van der Waals surface area contributed by atoms with Crippen molar-refractivity contribution in [3.63, 3.8) is 0 Å². The number of hydrogen-bond donors (Lipinski definition) is 0. The molecule has 0 bridgehead atoms. The van der Waals surface area contributed by atoms with Gasteiger partial charge in [-0.25, -0.2) is 4.98 Å². The van der Waals surface area contributed by atoms with Crippen molar-refractivity contribution < 1.29 is 45.4 Å². The molecule has 0 atom stereocenters. The Morgan fingerprint density at radius 3 is 2.14 bits per heavy atom. The first-order chi connectivity index (χ1) is 31.6. The van der Waals surface area contributed by atoms with E-state index in [-0.39, 0.29) is 54.4 Å². The quantitative estimate of drug-likeness (QED) is 0.112. The molecular weight excluding hydrogens is 880 g/mol. The number of benzene rings is 6. The summed E-state index contributed by atoms with van der Waals surface area (Å²) in [4.78, 5) is 4.75. The second kappa shape index (κ2) is 15.5. The fourth-order valence-electron chi connectivity index (χ4n) is 6.85. The molecule has 5 nitrogen and oxygen atoms in total. The average molecular weight is 933 g/mol. The normalized spacial score (nSPS) is 14.5. The van der Waals surface area contributed by atoms with Crippen LogP contribution in [0.1, 0.15) is 66.7 Å². The number of ether oxygens (including phenoxy) is 1. The Balaban J connectivity index is 0.00000625. The summed E-state index contributed by atoms with van der Waals surface area (Å²) in [5.74, 6) is 0.531. The Morgan fingerprint density at radius 2 is 1.46 bits per heavy atom. The Bertz CT molecular complexity index is 3350. The van der Waals surface area contributed by atoms with Crippen LogP contribution in [0.4, 0.5) is 0 Å². The summed E-state index contributed by atoms with van der Waals surface area (Å²) < 4.78 is 106. The van der Waals surface area contributed by atoms with Crippen LogP contribution in [0.2, 0.25) is 0 Å². The predicted octanol–water partition coefficient (Wildman–Crippen LogP) is 12.2. The van der Waals surface area contributed by atoms with E-state index in [1.54, 1.807) is 59.6 Å². The summed E-state index contributed by atoms with van der Waals surface area (Å²) in [6, 6.07) is 25.5. The largest absolute Gasteiger partial charge is 0.510 e. The van der Waals surface area contributed by atoms with Gasteiger partial charge < -0.3 is 13.9 Å². The van der Waals surface area contributed by atoms with E-state index in [0.29, 0.717) is 23.0 Å². The molecular formula is C51H42N4OPt-2. The number of pyridine rings is 1. The van der Waals surface area contributed by atoms with Crippen LogP contribution in [0.3, 0.4) is 0 Å². The number of fused-ring (bicyclic) bond motifs is 3. The molecule has 0 aliphatic heterocycles. The van der Waals surface area contributed by atoms with Gasteiger partial charge in [-0.05, 0) is 74.0 Å². The molecule has 6 heteroatoms. The molecule has 3 aromatic heterocycles. The van der Waals surface area contributed by atoms with Gasteiger partial charge in [0.2, 0.25) is 0 Å². The molecule has 0 saturated carbocycles. The molecule has 0 N–H and O–H groups in total. The van der Waals surface area contributed by atoms with Crippen molar-refractivity contribution in [1.82, 2.24) is 14.1 Å². The zero-order valence-corrected chi connectivity index (χ0v) is 34.0. The third kappa shape index (κ3) is 7.36. The Morgan fingerprint density at radius 1 is 0.772 bits per heavy atom. The average Bonchev–Trinajstić information content (AvgIpc) is 3.92. The van der Waals surface area contributed by atoms with Crippen molar-refractivity contribution in [2.75, 3.05) is 0 Å². The molecule has 0 aliphatic carbocycles. The molecule has 0 amide bonds. The topological polar surface area (TPSA) is 35.9 Å². The van der Waals surface area contributed by atoms with Crippen molar-refractivity contribution in [3.8, 4) is 50.9 Å². The number of rotatable bonds is 8. The van der Waals surface area contributed by atoms with Gasteiger partial charge in [-0.2, -0.15) is 18.2 Å². The Hall–Kier alpha value is -6.03. The molecule has 0 spiro atoms. The Labute approximate surface area is 364 Å². The van der Waals surface area contributed by atoms with Gasteiger partial charge in [0.25, 0.3) is 6.33 Å². The predicted molar refractivity (Wildman–Crippen MR) is 226 cm³/mol. The SMILES string of the molecule is [2H]c1c([2H])c([2H])c(-c2cccc(-c3c([2H])c([2H])c([2H])c([2H])c3[2H])c2-[n+]2[c-]n(-c3[c-]c(Oc4[c-]c5c(cc4)c4cc(C(C)(C)C)ccc4n5-c4cc(C([2H])(C)C)ccn4)ccc3)cc2)c([2H])c1[2H].[Pt]. The zero-order chi connectivity index (χ0) is 48.0. The Kier molecular flexibility index (Phi) is 7.27. The second-order valence-corrected chi connectivity index (χ2v) is 14.6. The fourth-order valence-corrected chi connectivity index (χ4v) is 6.85. The monoisotopic (exact) mass is 932 g/mol. The number of para-hydroxylation sites is 1. The van der Waals surface area contributed by atoms with Gasteiger partial charge in [0.1, 0.15) is 5.82 Å². The van der Waals surface area contributed by atoms with Gasteiger partial charge in [0, 0.05) is 58.0 Å². The van der Waals surface area contributed by atoms with Gasteiger partial charge >= 0.3 is 0 Å². The molecule has 57 heavy (non-hydrogen) atoms. The fraction of sp³-hybridized carbons (Fsp3) is 0.137. The van der Waals surface area contributed by atoms with Crippen molar-refractivity contribution >= 4 is 21.8 Å². The maximum absolute atomic E-state index is 8.84. The summed E-state index contributed by atoms with van der Waals surface area (Å²) in [6.07, 6.45) is 8.19. The van der Waals surface area contributed by atoms with Crippen LogP contribution in [-0.4, -0.2) is 14.1 Å². The van der Waals surface area contributed by atoms with Crippen LogP contribution in [0.25, 0.3) is 61.3 Å². The van der Waals surface area contributed by atoms with Gasteiger partial charge in [-0.3, -0.25) is 4.57 Å². The van der Waals surface area contributed by atoms with E-state index in [0.717, 1.165) is 27.4 Å². The minimum Gasteiger partial charge on any atom is -0.510 e. The minimum atomic E-state index is -0.856. The number of imidazole rings is 1. The van der Waals surface area contributed by atoms with E-state index in [2.05, 4.69) is 57.4 Å². The van der Waals surface area contributed by atoms with Crippen LogP contribution in [-0.2, 0) is 26.5 Å². The molecule has 6 aromatic carbocycles. The minimum absolute atomic E-state index is 0. The van der Waals surface area contributed by atoms with Gasteiger partial charge in [-0.15, -0.1) is 29.7 Å². The maximum Gasteiger partial charge on any atom is 0.267 e. The van der Waals surface area contributed by atoms with Crippen LogP contribution in [0.15, 0.2) is 158 Å². The number of aromatic nitrogens is 4. The van der Waals surface area contributed by atoms with Crippen molar-refractivity contribution in [1.29, 1.82) is 0 Å². The smallest absolute Gasteiger partial charge is 0.267 e. The molecule has 9 aromatic rings. The van der Waals surface area contributed by atoms with Crippen LogP contribution in [0.5, 0.6) is 11.5 Å². The van der Waals surface area contributed by atoms with Gasteiger partial charge in [0.05, 0.1) is 19.4 Å². The maximum atomic E-state index is 8.84. The second-order valence-electron chi connectivity index (χ2n) is 14.6. The summed E-state index contributed by atoms with van der Waals surface area (Å²) in [5.41, 5.74) is 4.18. The van der Waals surface area contributed by atoms with E-state index >= 15 is 0 Å². The summed E-state index contributed by atoms with van der Waals surface area (Å²) >= 11 is 0. The zero-order valence-electron chi connectivity index (χ0n) is 42.8. The molecule has 0 saturated heterocycles. The molecule has 0 aliphatic rings. The van der Waals surface area contributed by atoms with Crippen LogP contribution >= 0.6 is 0 Å². The molecule has 9 rings (SSSR count). The summed E-state index contributed by atoms with van der Waals surface area (Å²) in [7, 11) is 0. The van der Waals surface area contributed by atoms with Crippen molar-refractivity contribution in [3.05, 3.63) is 187 Å². The van der Waals surface area contributed by atoms with Crippen molar-refractivity contribution in [2.24, 2.45) is 0 Å². The summed E-state index contributed by atoms with van der Waals surface area (Å²) in [6.45, 7) is 10.2. The van der Waals surface area contributed by atoms with E-state index < -0.39 is 66.3 Å². The van der Waals surface area contributed by atoms with Crippen LogP contribution in [0, 0.1) is 18.5 Å². The van der Waals surface area contributed by atoms with E-state index in [1.165, 1.54) is 10.1 Å². The first kappa shape index (κ1) is 26.8. The van der Waals surface area contributed by atoms with Crippen LogP contribution < -0.4 is 9.30 Å². The molecule has 284 valence electrons. The molecule has 0 unspecified atom stereocenters. The number of hydrogen-bond acceptors (Lipinski definition) is 2. The number of nitrogens with zero attached hydrogens (tertiary/aromatic N) is 4. The first-order valence-corrected chi connectivity index (χ1v) is 18.1. The van der Waals surface area contributed by atoms with E-state index in [1.807, 2.05) is 42.7 Å². The third-order valence-corrected chi connectivity index (χ3v) is 9.70. The van der Waals surface area contributed by atoms with Gasteiger partial charge in [0.15, 0.2) is 0 Å². The van der Waals surface area contributed by atoms with E-state index in [9.17, 15) is 0 Å². The first-order valence-electron chi connectivity index (χ1n) is 23.6. The molecule has 3 heterocycles. The van der Waals surface area contributed by atoms with Crippen molar-refractivity contribution in [2.45, 2.75) is 45.9 Å².